The van der Waals surface area contributed by atoms with E-state index in [9.17, 15) is 18.0 Å². The van der Waals surface area contributed by atoms with Gasteiger partial charge in [0.25, 0.3) is 0 Å². The summed E-state index contributed by atoms with van der Waals surface area (Å²) in [5.41, 5.74) is 0. The Kier molecular flexibility index (Phi) is 6.06. The zero-order chi connectivity index (χ0) is 14.5. The van der Waals surface area contributed by atoms with E-state index in [1.807, 2.05) is 0 Å². The lowest BCUT2D eigenvalue weighted by atomic mass is 10.0. The predicted octanol–water partition coefficient (Wildman–Crippen LogP) is 1.55. The van der Waals surface area contributed by atoms with Crippen LogP contribution in [0.3, 0.4) is 0 Å². The van der Waals surface area contributed by atoms with Crippen LogP contribution in [0.25, 0.3) is 0 Å². The molecule has 1 aliphatic rings. The number of hydrogen-bond acceptors (Lipinski definition) is 3. The van der Waals surface area contributed by atoms with E-state index in [4.69, 9.17) is 4.74 Å². The normalized spacial score (nSPS) is 17.8. The van der Waals surface area contributed by atoms with Crippen LogP contribution in [0.4, 0.5) is 13.2 Å². The van der Waals surface area contributed by atoms with Crippen LogP contribution in [0.5, 0.6) is 0 Å². The minimum absolute atomic E-state index is 0.176. The molecule has 0 unspecified atom stereocenters. The molecule has 0 saturated carbocycles. The molecule has 1 saturated heterocycles. The van der Waals surface area contributed by atoms with Crippen LogP contribution < -0.4 is 5.32 Å². The quantitative estimate of drug-likeness (QED) is 0.832. The van der Waals surface area contributed by atoms with Gasteiger partial charge in [-0.1, -0.05) is 0 Å². The monoisotopic (exact) mass is 282 g/mol. The van der Waals surface area contributed by atoms with Crippen molar-refractivity contribution in [3.05, 3.63) is 0 Å². The van der Waals surface area contributed by atoms with E-state index < -0.39 is 18.6 Å². The van der Waals surface area contributed by atoms with Crippen molar-refractivity contribution >= 4 is 5.91 Å². The molecule has 0 aromatic rings. The van der Waals surface area contributed by atoms with Crippen LogP contribution in [-0.2, 0) is 9.53 Å². The molecule has 0 aromatic heterocycles. The fraction of sp³-hybridized carbons (Fsp3) is 0.917. The molecular weight excluding hydrogens is 261 g/mol. The molecule has 19 heavy (non-hydrogen) atoms. The lowest BCUT2D eigenvalue weighted by Gasteiger charge is -2.35. The lowest BCUT2D eigenvalue weighted by Crippen LogP contribution is -2.50. The van der Waals surface area contributed by atoms with Gasteiger partial charge in [-0.05, 0) is 39.8 Å². The fourth-order valence-corrected chi connectivity index (χ4v) is 2.05. The molecule has 0 aliphatic carbocycles. The number of hydrogen-bond donors (Lipinski definition) is 1. The molecule has 1 rings (SSSR count). The standard InChI is InChI=1S/C12H21F3N2O2/c1-9(2)19-7-11(18)17(8-12(13,14)15)10-3-5-16-6-4-10/h9-10,16H,3-8H2,1-2H3. The van der Waals surface area contributed by atoms with Crippen molar-refractivity contribution in [2.24, 2.45) is 0 Å². The van der Waals surface area contributed by atoms with Gasteiger partial charge < -0.3 is 15.0 Å². The molecule has 0 bridgehead atoms. The zero-order valence-corrected chi connectivity index (χ0v) is 11.3. The highest BCUT2D eigenvalue weighted by Crippen LogP contribution is 2.21. The van der Waals surface area contributed by atoms with Gasteiger partial charge >= 0.3 is 6.18 Å². The summed E-state index contributed by atoms with van der Waals surface area (Å²) in [6, 6.07) is -0.355. The van der Waals surface area contributed by atoms with Crippen molar-refractivity contribution in [3.8, 4) is 0 Å². The van der Waals surface area contributed by atoms with E-state index in [1.54, 1.807) is 13.8 Å². The zero-order valence-electron chi connectivity index (χ0n) is 11.3. The Hall–Kier alpha value is -0.820. The van der Waals surface area contributed by atoms with E-state index in [1.165, 1.54) is 0 Å². The molecule has 7 heteroatoms. The second kappa shape index (κ2) is 7.09. The number of rotatable bonds is 5. The number of carbonyl (C=O) groups excluding carboxylic acids is 1. The van der Waals surface area contributed by atoms with Crippen molar-refractivity contribution in [1.82, 2.24) is 10.2 Å². The molecule has 1 amide bonds. The third kappa shape index (κ3) is 6.24. The second-order valence-corrected chi connectivity index (χ2v) is 4.98. The molecule has 1 fully saturated rings. The number of nitrogens with one attached hydrogen (secondary N) is 1. The van der Waals surface area contributed by atoms with Crippen LogP contribution in [0.2, 0.25) is 0 Å². The van der Waals surface area contributed by atoms with Crippen molar-refractivity contribution < 1.29 is 22.7 Å². The smallest absolute Gasteiger partial charge is 0.369 e. The highest BCUT2D eigenvalue weighted by molar-refractivity contribution is 5.77. The first-order chi connectivity index (χ1) is 8.79. The van der Waals surface area contributed by atoms with Crippen LogP contribution in [0.15, 0.2) is 0 Å². The minimum Gasteiger partial charge on any atom is -0.369 e. The Morgan fingerprint density at radius 3 is 2.42 bits per heavy atom. The summed E-state index contributed by atoms with van der Waals surface area (Å²) in [7, 11) is 0. The second-order valence-electron chi connectivity index (χ2n) is 4.98. The van der Waals surface area contributed by atoms with Gasteiger partial charge in [0.1, 0.15) is 13.2 Å². The number of halogens is 3. The largest absolute Gasteiger partial charge is 0.406 e. The number of nitrogens with zero attached hydrogens (tertiary/aromatic N) is 1. The summed E-state index contributed by atoms with van der Waals surface area (Å²) in [5.74, 6) is -0.585. The summed E-state index contributed by atoms with van der Waals surface area (Å²) in [6.45, 7) is 3.27. The van der Waals surface area contributed by atoms with Gasteiger partial charge in [-0.3, -0.25) is 4.79 Å². The molecule has 1 heterocycles. The number of amides is 1. The highest BCUT2D eigenvalue weighted by Gasteiger charge is 2.36. The Bertz CT molecular complexity index is 289. The van der Waals surface area contributed by atoms with Crippen LogP contribution in [0.1, 0.15) is 26.7 Å². The molecule has 112 valence electrons. The first kappa shape index (κ1) is 16.2. The van der Waals surface area contributed by atoms with Gasteiger partial charge in [-0.15, -0.1) is 0 Å². The maximum absolute atomic E-state index is 12.6. The number of carbonyl (C=O) groups is 1. The Morgan fingerprint density at radius 1 is 1.37 bits per heavy atom. The molecule has 0 spiro atoms. The average molecular weight is 282 g/mol. The lowest BCUT2D eigenvalue weighted by molar-refractivity contribution is -0.170. The SMILES string of the molecule is CC(C)OCC(=O)N(CC(F)(F)F)C1CCNCC1. The van der Waals surface area contributed by atoms with Gasteiger partial charge in [0.15, 0.2) is 0 Å². The summed E-state index contributed by atoms with van der Waals surface area (Å²) in [4.78, 5) is 12.8. The van der Waals surface area contributed by atoms with Crippen molar-refractivity contribution in [2.45, 2.75) is 45.0 Å². The van der Waals surface area contributed by atoms with Crippen molar-refractivity contribution in [1.29, 1.82) is 0 Å². The molecule has 0 atom stereocenters. The maximum atomic E-state index is 12.6. The third-order valence-electron chi connectivity index (χ3n) is 2.96. The number of ether oxygens (including phenoxy) is 1. The van der Waals surface area contributed by atoms with Crippen LogP contribution >= 0.6 is 0 Å². The van der Waals surface area contributed by atoms with Gasteiger partial charge in [0, 0.05) is 6.04 Å². The Balaban J connectivity index is 2.64. The average Bonchev–Trinajstić information content (AvgIpc) is 2.33. The predicted molar refractivity (Wildman–Crippen MR) is 64.7 cm³/mol. The van der Waals surface area contributed by atoms with Crippen LogP contribution in [0, 0.1) is 0 Å². The highest BCUT2D eigenvalue weighted by atomic mass is 19.4. The fourth-order valence-electron chi connectivity index (χ4n) is 2.05. The van der Waals surface area contributed by atoms with Crippen molar-refractivity contribution in [2.75, 3.05) is 26.2 Å². The topological polar surface area (TPSA) is 41.6 Å². The molecule has 1 N–H and O–H groups in total. The number of piperidine rings is 1. The molecule has 0 radical (unpaired) electrons. The van der Waals surface area contributed by atoms with Crippen LogP contribution in [-0.4, -0.2) is 55.4 Å². The van der Waals surface area contributed by atoms with Gasteiger partial charge in [0.2, 0.25) is 5.91 Å². The van der Waals surface area contributed by atoms with Gasteiger partial charge in [0.05, 0.1) is 6.10 Å². The van der Waals surface area contributed by atoms with E-state index in [-0.39, 0.29) is 18.8 Å². The first-order valence-electron chi connectivity index (χ1n) is 6.48. The van der Waals surface area contributed by atoms with Crippen molar-refractivity contribution in [3.63, 3.8) is 0 Å². The number of alkyl halides is 3. The van der Waals surface area contributed by atoms with Gasteiger partial charge in [-0.25, -0.2) is 0 Å². The summed E-state index contributed by atoms with van der Waals surface area (Å²) in [5, 5.41) is 3.07. The Labute approximate surface area is 111 Å². The summed E-state index contributed by atoms with van der Waals surface area (Å²) >= 11 is 0. The van der Waals surface area contributed by atoms with E-state index in [0.29, 0.717) is 25.9 Å². The first-order valence-corrected chi connectivity index (χ1v) is 6.48. The van der Waals surface area contributed by atoms with E-state index >= 15 is 0 Å². The summed E-state index contributed by atoms with van der Waals surface area (Å²) in [6.07, 6.45) is -3.46. The van der Waals surface area contributed by atoms with E-state index in [2.05, 4.69) is 5.32 Å². The molecule has 1 aliphatic heterocycles. The minimum atomic E-state index is -4.38. The van der Waals surface area contributed by atoms with E-state index in [0.717, 1.165) is 4.90 Å². The maximum Gasteiger partial charge on any atom is 0.406 e. The van der Waals surface area contributed by atoms with Gasteiger partial charge in [-0.2, -0.15) is 13.2 Å². The Morgan fingerprint density at radius 2 is 1.95 bits per heavy atom. The third-order valence-corrected chi connectivity index (χ3v) is 2.96. The molecule has 4 nitrogen and oxygen atoms in total. The molecule has 0 aromatic carbocycles. The molecular formula is C12H21F3N2O2. The summed E-state index contributed by atoms with van der Waals surface area (Å²) < 4.78 is 42.8.